The molecule has 1 nitrogen and oxygen atoms in total. The fourth-order valence-corrected chi connectivity index (χ4v) is 3.12. The Morgan fingerprint density at radius 2 is 2.25 bits per heavy atom. The van der Waals surface area contributed by atoms with Gasteiger partial charge in [-0.25, -0.2) is 0 Å². The molecule has 4 heteroatoms. The van der Waals surface area contributed by atoms with Gasteiger partial charge in [-0.15, -0.1) is 11.3 Å². The van der Waals surface area contributed by atoms with Crippen LogP contribution in [-0.2, 0) is 6.42 Å². The average Bonchev–Trinajstić information content (AvgIpc) is 2.60. The molecule has 2 rings (SSSR count). The molecule has 0 N–H and O–H groups in total. The molecule has 0 aliphatic heterocycles. The minimum absolute atomic E-state index is 0.719. The number of rotatable bonds is 3. The van der Waals surface area contributed by atoms with E-state index in [0.29, 0.717) is 0 Å². The van der Waals surface area contributed by atoms with Crippen LogP contribution in [0, 0.1) is 0 Å². The standard InChI is InChI=1S/C12H8BrClOS/c13-12-11(9(6-15)7-16-12)5-8-2-1-3-10(14)4-8/h1-4,6-7H,5H2. The molecule has 0 spiro atoms. The van der Waals surface area contributed by atoms with Gasteiger partial charge in [-0.2, -0.15) is 0 Å². The molecule has 0 bridgehead atoms. The molecule has 2 aromatic rings. The number of aldehydes is 1. The normalized spacial score (nSPS) is 10.4. The van der Waals surface area contributed by atoms with E-state index in [1.807, 2.05) is 29.6 Å². The summed E-state index contributed by atoms with van der Waals surface area (Å²) in [5, 5.41) is 2.58. The summed E-state index contributed by atoms with van der Waals surface area (Å²) < 4.78 is 1.01. The highest BCUT2D eigenvalue weighted by atomic mass is 79.9. The third-order valence-corrected chi connectivity index (χ3v) is 4.37. The van der Waals surface area contributed by atoms with Gasteiger partial charge in [-0.1, -0.05) is 23.7 Å². The van der Waals surface area contributed by atoms with Crippen LogP contribution in [0.15, 0.2) is 33.4 Å². The summed E-state index contributed by atoms with van der Waals surface area (Å²) in [6.07, 6.45) is 1.61. The van der Waals surface area contributed by atoms with Gasteiger partial charge in [-0.05, 0) is 39.2 Å². The average molecular weight is 316 g/mol. The molecule has 0 amide bonds. The highest BCUT2D eigenvalue weighted by Gasteiger charge is 2.09. The largest absolute Gasteiger partial charge is 0.298 e. The second-order valence-electron chi connectivity index (χ2n) is 3.37. The number of hydrogen-bond acceptors (Lipinski definition) is 2. The van der Waals surface area contributed by atoms with Gasteiger partial charge in [0.1, 0.15) is 0 Å². The van der Waals surface area contributed by atoms with Gasteiger partial charge >= 0.3 is 0 Å². The minimum atomic E-state index is 0.719. The summed E-state index contributed by atoms with van der Waals surface area (Å²) in [6, 6.07) is 7.68. The first kappa shape index (κ1) is 11.8. The number of halogens is 2. The zero-order chi connectivity index (χ0) is 11.5. The molecule has 1 heterocycles. The molecule has 1 aromatic carbocycles. The molecule has 1 aromatic heterocycles. The van der Waals surface area contributed by atoms with E-state index >= 15 is 0 Å². The van der Waals surface area contributed by atoms with Crippen molar-refractivity contribution in [2.24, 2.45) is 0 Å². The Kier molecular flexibility index (Phi) is 3.79. The van der Waals surface area contributed by atoms with Gasteiger partial charge in [-0.3, -0.25) is 4.79 Å². The lowest BCUT2D eigenvalue weighted by molar-refractivity contribution is 0.112. The molecule has 0 saturated heterocycles. The number of hydrogen-bond donors (Lipinski definition) is 0. The molecule has 0 radical (unpaired) electrons. The summed E-state index contributed by atoms with van der Waals surface area (Å²) in [7, 11) is 0. The molecule has 0 fully saturated rings. The molecule has 0 aliphatic carbocycles. The Hall–Kier alpha value is -0.640. The van der Waals surface area contributed by atoms with Crippen LogP contribution in [0.3, 0.4) is 0 Å². The van der Waals surface area contributed by atoms with Crippen molar-refractivity contribution in [2.45, 2.75) is 6.42 Å². The number of thiophene rings is 1. The SMILES string of the molecule is O=Cc1csc(Br)c1Cc1cccc(Cl)c1. The van der Waals surface area contributed by atoms with Crippen molar-refractivity contribution in [3.63, 3.8) is 0 Å². The predicted octanol–water partition coefficient (Wildman–Crippen LogP) is 4.57. The summed E-state index contributed by atoms with van der Waals surface area (Å²) in [4.78, 5) is 10.9. The van der Waals surface area contributed by atoms with Crippen LogP contribution >= 0.6 is 38.9 Å². The van der Waals surface area contributed by atoms with Crippen LogP contribution in [0.2, 0.25) is 5.02 Å². The summed E-state index contributed by atoms with van der Waals surface area (Å²) in [6.45, 7) is 0. The Balaban J connectivity index is 2.33. The highest BCUT2D eigenvalue weighted by Crippen LogP contribution is 2.29. The lowest BCUT2D eigenvalue weighted by atomic mass is 10.1. The zero-order valence-electron chi connectivity index (χ0n) is 8.24. The number of carbonyl (C=O) groups is 1. The Morgan fingerprint density at radius 1 is 1.44 bits per heavy atom. The predicted molar refractivity (Wildman–Crippen MR) is 71.7 cm³/mol. The zero-order valence-corrected chi connectivity index (χ0v) is 11.4. The maximum absolute atomic E-state index is 10.9. The molecule has 82 valence electrons. The minimum Gasteiger partial charge on any atom is -0.298 e. The van der Waals surface area contributed by atoms with E-state index in [1.54, 1.807) is 0 Å². The lowest BCUT2D eigenvalue weighted by Crippen LogP contribution is -1.91. The van der Waals surface area contributed by atoms with E-state index in [2.05, 4.69) is 15.9 Å². The van der Waals surface area contributed by atoms with E-state index in [0.717, 1.165) is 38.2 Å². The first-order valence-corrected chi connectivity index (χ1v) is 6.71. The highest BCUT2D eigenvalue weighted by molar-refractivity contribution is 9.11. The summed E-state index contributed by atoms with van der Waals surface area (Å²) in [5.41, 5.74) is 2.88. The van der Waals surface area contributed by atoms with E-state index in [4.69, 9.17) is 11.6 Å². The monoisotopic (exact) mass is 314 g/mol. The van der Waals surface area contributed by atoms with Crippen LogP contribution in [-0.4, -0.2) is 6.29 Å². The second kappa shape index (κ2) is 5.13. The van der Waals surface area contributed by atoms with Crippen LogP contribution in [0.25, 0.3) is 0 Å². The molecule has 0 aliphatic rings. The molecule has 0 unspecified atom stereocenters. The van der Waals surface area contributed by atoms with Crippen molar-refractivity contribution in [3.05, 3.63) is 55.1 Å². The van der Waals surface area contributed by atoms with Crippen LogP contribution in [0.4, 0.5) is 0 Å². The van der Waals surface area contributed by atoms with E-state index < -0.39 is 0 Å². The van der Waals surface area contributed by atoms with Gasteiger partial charge in [0.15, 0.2) is 6.29 Å². The fourth-order valence-electron chi connectivity index (χ4n) is 1.49. The van der Waals surface area contributed by atoms with Crippen LogP contribution < -0.4 is 0 Å². The van der Waals surface area contributed by atoms with Crippen molar-refractivity contribution in [1.82, 2.24) is 0 Å². The molecular weight excluding hydrogens is 308 g/mol. The van der Waals surface area contributed by atoms with E-state index in [1.165, 1.54) is 11.3 Å². The topological polar surface area (TPSA) is 17.1 Å². The summed E-state index contributed by atoms with van der Waals surface area (Å²) in [5.74, 6) is 0. The maximum atomic E-state index is 10.9. The lowest BCUT2D eigenvalue weighted by Gasteiger charge is -2.02. The van der Waals surface area contributed by atoms with Crippen molar-refractivity contribution in [3.8, 4) is 0 Å². The molecular formula is C12H8BrClOS. The molecule has 0 saturated carbocycles. The van der Waals surface area contributed by atoms with Crippen molar-refractivity contribution in [2.75, 3.05) is 0 Å². The maximum Gasteiger partial charge on any atom is 0.151 e. The van der Waals surface area contributed by atoms with Gasteiger partial charge in [0.25, 0.3) is 0 Å². The van der Waals surface area contributed by atoms with Gasteiger partial charge in [0.2, 0.25) is 0 Å². The Labute approximate surface area is 111 Å². The van der Waals surface area contributed by atoms with Gasteiger partial charge < -0.3 is 0 Å². The Morgan fingerprint density at radius 3 is 2.94 bits per heavy atom. The first-order valence-electron chi connectivity index (χ1n) is 4.66. The fraction of sp³-hybridized carbons (Fsp3) is 0.0833. The summed E-state index contributed by atoms with van der Waals surface area (Å²) >= 11 is 10.9. The molecule has 0 atom stereocenters. The van der Waals surface area contributed by atoms with Crippen molar-refractivity contribution < 1.29 is 4.79 Å². The van der Waals surface area contributed by atoms with Gasteiger partial charge in [0, 0.05) is 22.4 Å². The van der Waals surface area contributed by atoms with E-state index in [-0.39, 0.29) is 0 Å². The third-order valence-electron chi connectivity index (χ3n) is 2.27. The van der Waals surface area contributed by atoms with Crippen LogP contribution in [0.5, 0.6) is 0 Å². The second-order valence-corrected chi connectivity index (χ2v) is 6.00. The van der Waals surface area contributed by atoms with Crippen molar-refractivity contribution in [1.29, 1.82) is 0 Å². The van der Waals surface area contributed by atoms with E-state index in [9.17, 15) is 4.79 Å². The smallest absolute Gasteiger partial charge is 0.151 e. The number of carbonyl (C=O) groups excluding carboxylic acids is 1. The molecule has 16 heavy (non-hydrogen) atoms. The van der Waals surface area contributed by atoms with Crippen LogP contribution in [0.1, 0.15) is 21.5 Å². The Bertz CT molecular complexity index is 521. The number of benzene rings is 1. The van der Waals surface area contributed by atoms with Gasteiger partial charge in [0.05, 0.1) is 3.79 Å². The van der Waals surface area contributed by atoms with Crippen molar-refractivity contribution >= 4 is 45.2 Å². The third kappa shape index (κ3) is 2.54. The first-order chi connectivity index (χ1) is 7.70. The quantitative estimate of drug-likeness (QED) is 0.758.